The topological polar surface area (TPSA) is 107 Å². The summed E-state index contributed by atoms with van der Waals surface area (Å²) >= 11 is 1.88. The summed E-state index contributed by atoms with van der Waals surface area (Å²) in [5, 5.41) is 3.20. The molecule has 0 saturated carbocycles. The molecule has 2 rings (SSSR count). The van der Waals surface area contributed by atoms with Crippen LogP contribution in [0.5, 0.6) is 0 Å². The third-order valence-electron chi connectivity index (χ3n) is 2.80. The number of hydrazine groups is 1. The molecular weight excluding hydrogens is 288 g/mol. The van der Waals surface area contributed by atoms with Gasteiger partial charge in [-0.15, -0.1) is 0 Å². The van der Waals surface area contributed by atoms with Crippen LogP contribution in [0.25, 0.3) is 5.95 Å². The fourth-order valence-corrected chi connectivity index (χ4v) is 2.24. The number of nitrogen functional groups attached to an aromatic ring is 1. The maximum Gasteiger partial charge on any atom is 0.243 e. The Labute approximate surface area is 128 Å². The second-order valence-corrected chi connectivity index (χ2v) is 5.36. The first-order valence-corrected chi connectivity index (χ1v) is 8.16. The predicted molar refractivity (Wildman–Crippen MR) is 85.5 cm³/mol. The van der Waals surface area contributed by atoms with Crippen LogP contribution in [0.1, 0.15) is 19.3 Å². The van der Waals surface area contributed by atoms with Crippen molar-refractivity contribution in [1.82, 2.24) is 24.5 Å². The lowest BCUT2D eigenvalue weighted by atomic mass is 10.2. The van der Waals surface area contributed by atoms with E-state index in [9.17, 15) is 0 Å². The first-order valence-electron chi connectivity index (χ1n) is 6.77. The number of hydrogen-bond donors (Lipinski definition) is 3. The normalized spacial score (nSPS) is 10.6. The molecular formula is C12H20N8S. The van der Waals surface area contributed by atoms with Crippen LogP contribution in [0, 0.1) is 0 Å². The van der Waals surface area contributed by atoms with E-state index in [1.165, 1.54) is 18.6 Å². The number of aromatic nitrogens is 5. The van der Waals surface area contributed by atoms with Crippen LogP contribution in [-0.4, -0.2) is 43.1 Å². The van der Waals surface area contributed by atoms with E-state index in [1.807, 2.05) is 11.8 Å². The van der Waals surface area contributed by atoms with Gasteiger partial charge < -0.3 is 5.32 Å². The van der Waals surface area contributed by atoms with Crippen molar-refractivity contribution in [3.05, 3.63) is 18.7 Å². The van der Waals surface area contributed by atoms with Gasteiger partial charge in [0.15, 0.2) is 0 Å². The van der Waals surface area contributed by atoms with Gasteiger partial charge in [0.05, 0.1) is 0 Å². The van der Waals surface area contributed by atoms with E-state index in [1.54, 1.807) is 23.3 Å². The van der Waals surface area contributed by atoms with Crippen molar-refractivity contribution in [2.45, 2.75) is 19.3 Å². The van der Waals surface area contributed by atoms with Gasteiger partial charge in [-0.1, -0.05) is 6.42 Å². The Morgan fingerprint density at radius 3 is 2.76 bits per heavy atom. The molecule has 0 bridgehead atoms. The Hall–Kier alpha value is -1.87. The van der Waals surface area contributed by atoms with E-state index < -0.39 is 0 Å². The minimum absolute atomic E-state index is 0.318. The molecule has 2 aromatic rings. The van der Waals surface area contributed by atoms with Crippen LogP contribution >= 0.6 is 11.8 Å². The van der Waals surface area contributed by atoms with Gasteiger partial charge in [0.25, 0.3) is 0 Å². The van der Waals surface area contributed by atoms with Crippen LogP contribution < -0.4 is 16.6 Å². The zero-order valence-corrected chi connectivity index (χ0v) is 12.8. The highest BCUT2D eigenvalue weighted by Gasteiger charge is 2.06. The van der Waals surface area contributed by atoms with Crippen LogP contribution in [-0.2, 0) is 0 Å². The van der Waals surface area contributed by atoms with Crippen molar-refractivity contribution >= 4 is 23.7 Å². The van der Waals surface area contributed by atoms with Crippen molar-refractivity contribution in [3.63, 3.8) is 0 Å². The summed E-state index contributed by atoms with van der Waals surface area (Å²) in [4.78, 5) is 16.7. The standard InChI is InChI=1S/C12H20N8S/c1-21-8-4-2-3-5-15-10-16-11(19-13)18-12(17-10)20-7-6-14-9-20/h6-7,9H,2-5,8,13H2,1H3,(H2,15,16,17,18,19). The van der Waals surface area contributed by atoms with Gasteiger partial charge in [-0.05, 0) is 24.9 Å². The molecule has 0 spiro atoms. The second kappa shape index (κ2) is 8.42. The highest BCUT2D eigenvalue weighted by Crippen LogP contribution is 2.09. The molecule has 0 atom stereocenters. The Balaban J connectivity index is 1.94. The molecule has 0 radical (unpaired) electrons. The lowest BCUT2D eigenvalue weighted by Crippen LogP contribution is -2.16. The Kier molecular flexibility index (Phi) is 6.22. The van der Waals surface area contributed by atoms with Crippen molar-refractivity contribution in [1.29, 1.82) is 0 Å². The molecule has 2 heterocycles. The summed E-state index contributed by atoms with van der Waals surface area (Å²) in [6.07, 6.45) is 10.7. The van der Waals surface area contributed by atoms with Gasteiger partial charge in [-0.25, -0.2) is 10.8 Å². The van der Waals surface area contributed by atoms with Crippen LogP contribution in [0.4, 0.5) is 11.9 Å². The van der Waals surface area contributed by atoms with E-state index in [-0.39, 0.29) is 0 Å². The summed E-state index contributed by atoms with van der Waals surface area (Å²) < 4.78 is 1.70. The second-order valence-electron chi connectivity index (χ2n) is 4.38. The molecule has 0 unspecified atom stereocenters. The SMILES string of the molecule is CSCCCCCNc1nc(NN)nc(-n2ccnc2)n1. The molecule has 21 heavy (non-hydrogen) atoms. The van der Waals surface area contributed by atoms with Gasteiger partial charge >= 0.3 is 0 Å². The molecule has 0 fully saturated rings. The number of thioether (sulfide) groups is 1. The molecule has 0 saturated heterocycles. The van der Waals surface area contributed by atoms with Gasteiger partial charge in [-0.2, -0.15) is 26.7 Å². The molecule has 0 aromatic carbocycles. The van der Waals surface area contributed by atoms with E-state index >= 15 is 0 Å². The smallest absolute Gasteiger partial charge is 0.243 e. The summed E-state index contributed by atoms with van der Waals surface area (Å²) in [5.41, 5.74) is 2.45. The maximum atomic E-state index is 5.39. The molecule has 4 N–H and O–H groups in total. The van der Waals surface area contributed by atoms with Crippen molar-refractivity contribution in [2.75, 3.05) is 29.3 Å². The first kappa shape index (κ1) is 15.5. The molecule has 0 aliphatic carbocycles. The third kappa shape index (κ3) is 4.87. The minimum Gasteiger partial charge on any atom is -0.354 e. The number of hydrogen-bond acceptors (Lipinski definition) is 8. The average Bonchev–Trinajstić information content (AvgIpc) is 3.05. The molecule has 0 aliphatic heterocycles. The summed E-state index contributed by atoms with van der Waals surface area (Å²) in [7, 11) is 0. The third-order valence-corrected chi connectivity index (χ3v) is 3.49. The lowest BCUT2D eigenvalue weighted by molar-refractivity contribution is 0.744. The van der Waals surface area contributed by atoms with Crippen LogP contribution in [0.2, 0.25) is 0 Å². The molecule has 114 valence electrons. The van der Waals surface area contributed by atoms with Gasteiger partial charge in [-0.3, -0.25) is 9.99 Å². The summed E-state index contributed by atoms with van der Waals surface area (Å²) in [5.74, 6) is 7.90. The van der Waals surface area contributed by atoms with Crippen molar-refractivity contribution in [3.8, 4) is 5.95 Å². The number of anilines is 2. The van der Waals surface area contributed by atoms with Gasteiger partial charge in [0.1, 0.15) is 6.33 Å². The maximum absolute atomic E-state index is 5.39. The predicted octanol–water partition coefficient (Wildman–Crippen LogP) is 1.29. The fourth-order valence-electron chi connectivity index (χ4n) is 1.75. The average molecular weight is 308 g/mol. The zero-order valence-electron chi connectivity index (χ0n) is 12.0. The van der Waals surface area contributed by atoms with Crippen LogP contribution in [0.15, 0.2) is 18.7 Å². The van der Waals surface area contributed by atoms with Gasteiger partial charge in [0, 0.05) is 18.9 Å². The fraction of sp³-hybridized carbons (Fsp3) is 0.500. The highest BCUT2D eigenvalue weighted by molar-refractivity contribution is 7.98. The zero-order chi connectivity index (χ0) is 14.9. The first-order chi connectivity index (χ1) is 10.3. The molecule has 0 amide bonds. The number of unbranched alkanes of at least 4 members (excludes halogenated alkanes) is 2. The van der Waals surface area contributed by atoms with Crippen molar-refractivity contribution < 1.29 is 0 Å². The van der Waals surface area contributed by atoms with E-state index in [0.717, 1.165) is 13.0 Å². The lowest BCUT2D eigenvalue weighted by Gasteiger charge is -2.08. The van der Waals surface area contributed by atoms with E-state index in [2.05, 4.69) is 36.9 Å². The molecule has 8 nitrogen and oxygen atoms in total. The largest absolute Gasteiger partial charge is 0.354 e. The molecule has 2 aromatic heterocycles. The number of rotatable bonds is 9. The molecule has 0 aliphatic rings. The van der Waals surface area contributed by atoms with E-state index in [0.29, 0.717) is 17.8 Å². The molecule has 9 heteroatoms. The van der Waals surface area contributed by atoms with Gasteiger partial charge in [0.2, 0.25) is 17.8 Å². The number of nitrogens with two attached hydrogens (primary N) is 1. The number of imidazole rings is 1. The highest BCUT2D eigenvalue weighted by atomic mass is 32.2. The number of nitrogens with one attached hydrogen (secondary N) is 2. The van der Waals surface area contributed by atoms with Crippen LogP contribution in [0.3, 0.4) is 0 Å². The Bertz CT molecular complexity index is 530. The minimum atomic E-state index is 0.318. The quantitative estimate of drug-likeness (QED) is 0.361. The number of nitrogens with zero attached hydrogens (tertiary/aromatic N) is 5. The monoisotopic (exact) mass is 308 g/mol. The van der Waals surface area contributed by atoms with E-state index in [4.69, 9.17) is 5.84 Å². The Morgan fingerprint density at radius 1 is 1.19 bits per heavy atom. The van der Waals surface area contributed by atoms with Crippen molar-refractivity contribution in [2.24, 2.45) is 5.84 Å². The summed E-state index contributed by atoms with van der Waals surface area (Å²) in [6, 6.07) is 0. The summed E-state index contributed by atoms with van der Waals surface area (Å²) in [6.45, 7) is 0.825. The Morgan fingerprint density at radius 2 is 2.05 bits per heavy atom.